The first-order valence-electron chi connectivity index (χ1n) is 23.8. The number of rotatable bonds is 43. The Kier molecular flexibility index (Phi) is 36.9. The fourth-order valence-corrected chi connectivity index (χ4v) is 7.45. The van der Waals surface area contributed by atoms with E-state index in [4.69, 9.17) is 28.5 Å². The number of aliphatic hydroxyl groups is 1. The van der Waals surface area contributed by atoms with Crippen LogP contribution < -0.4 is 0 Å². The van der Waals surface area contributed by atoms with Crippen LogP contribution in [0.2, 0.25) is 0 Å². The molecule has 1 aliphatic heterocycles. The number of hydrogen-bond donors (Lipinski definition) is 4. The molecule has 1 saturated heterocycles. The molecule has 1 rings (SSSR count). The van der Waals surface area contributed by atoms with Gasteiger partial charge in [-0.05, 0) is 77.0 Å². The Bertz CT molecular complexity index is 1470. The van der Waals surface area contributed by atoms with Gasteiger partial charge in [-0.15, -0.1) is 0 Å². The predicted molar refractivity (Wildman–Crippen MR) is 252 cm³/mol. The number of esters is 2. The molecule has 1 heterocycles. The quantitative estimate of drug-likeness (QED) is 0.0147. The molecule has 0 aromatic heterocycles. The van der Waals surface area contributed by atoms with E-state index in [9.17, 15) is 28.7 Å². The van der Waals surface area contributed by atoms with Gasteiger partial charge in [0.15, 0.2) is 6.10 Å². The monoisotopic (exact) mass is 945 g/mol. The fourth-order valence-electron chi connectivity index (χ4n) is 6.29. The third kappa shape index (κ3) is 39.8. The highest BCUT2D eigenvalue weighted by Gasteiger charge is 2.36. The Morgan fingerprint density at radius 2 is 1.03 bits per heavy atom. The lowest BCUT2D eigenvalue weighted by molar-refractivity contribution is -0.161. The second-order valence-electron chi connectivity index (χ2n) is 16.0. The molecule has 0 radical (unpaired) electrons. The van der Waals surface area contributed by atoms with Crippen molar-refractivity contribution in [2.75, 3.05) is 26.4 Å². The maximum Gasteiger partial charge on any atom is 0.472 e. The van der Waals surface area contributed by atoms with Gasteiger partial charge in [0.2, 0.25) is 0 Å². The van der Waals surface area contributed by atoms with Gasteiger partial charge in [0.1, 0.15) is 12.7 Å². The first-order chi connectivity index (χ1) is 30.8. The molecule has 16 heteroatoms. The molecule has 0 bridgehead atoms. The number of phosphoric acid groups is 2. The maximum atomic E-state index is 12.7. The average molecular weight is 945 g/mol. The molecular weight excluding hydrogens is 862 g/mol. The summed E-state index contributed by atoms with van der Waals surface area (Å²) in [5, 5.41) is 9.76. The number of unbranched alkanes of at least 4 members (excludes halogenated alkanes) is 13. The summed E-state index contributed by atoms with van der Waals surface area (Å²) in [7, 11) is -9.71. The largest absolute Gasteiger partial charge is 0.472 e. The van der Waals surface area contributed by atoms with Crippen molar-refractivity contribution in [3.63, 3.8) is 0 Å². The Labute approximate surface area is 384 Å². The minimum Gasteiger partial charge on any atom is -0.462 e. The lowest BCUT2D eigenvalue weighted by atomic mass is 10.1. The SMILES string of the molecule is CC/C=C\CC1OC1C/C=C\C/C=C\C/C=C\C/C=C\CCC(=O)OC[C@H](COP(=O)(O)OC[C@@H](O)COP(=O)(O)O)OC(=O)CCCCCCCCC/C=C\CCCCCCCC. The van der Waals surface area contributed by atoms with Crippen LogP contribution in [0.1, 0.15) is 168 Å². The second-order valence-corrected chi connectivity index (χ2v) is 18.7. The number of ether oxygens (including phenoxy) is 3. The van der Waals surface area contributed by atoms with E-state index in [1.54, 1.807) is 0 Å². The molecular formula is C48H82O14P2. The smallest absolute Gasteiger partial charge is 0.462 e. The van der Waals surface area contributed by atoms with E-state index in [1.165, 1.54) is 57.8 Å². The third-order valence-corrected chi connectivity index (χ3v) is 11.4. The third-order valence-electron chi connectivity index (χ3n) is 9.98. The summed E-state index contributed by atoms with van der Waals surface area (Å²) in [6.45, 7) is 1.55. The van der Waals surface area contributed by atoms with Crippen molar-refractivity contribution in [3.8, 4) is 0 Å². The zero-order valence-electron chi connectivity index (χ0n) is 38.8. The molecule has 1 fully saturated rings. The summed E-state index contributed by atoms with van der Waals surface area (Å²) in [6, 6.07) is 0. The highest BCUT2D eigenvalue weighted by atomic mass is 31.2. The van der Waals surface area contributed by atoms with Crippen LogP contribution in [0.25, 0.3) is 0 Å². The summed E-state index contributed by atoms with van der Waals surface area (Å²) in [4.78, 5) is 52.8. The van der Waals surface area contributed by atoms with Gasteiger partial charge in [0.25, 0.3) is 0 Å². The first-order valence-corrected chi connectivity index (χ1v) is 26.8. The second kappa shape index (κ2) is 39.7. The van der Waals surface area contributed by atoms with E-state index in [-0.39, 0.29) is 12.8 Å². The highest BCUT2D eigenvalue weighted by molar-refractivity contribution is 7.47. The van der Waals surface area contributed by atoms with Crippen LogP contribution in [0, 0.1) is 0 Å². The molecule has 0 spiro atoms. The highest BCUT2D eigenvalue weighted by Crippen LogP contribution is 2.44. The Balaban J connectivity index is 2.37. The lowest BCUT2D eigenvalue weighted by Gasteiger charge is -2.20. The van der Waals surface area contributed by atoms with Crippen molar-refractivity contribution < 1.29 is 66.3 Å². The first kappa shape index (κ1) is 59.5. The molecule has 0 aromatic carbocycles. The zero-order chi connectivity index (χ0) is 47.0. The number of carbonyl (C=O) groups is 2. The van der Waals surface area contributed by atoms with Gasteiger partial charge in [0.05, 0.1) is 32.0 Å². The van der Waals surface area contributed by atoms with E-state index >= 15 is 0 Å². The number of hydrogen-bond acceptors (Lipinski definition) is 11. The Hall–Kier alpha value is -2.48. The predicted octanol–water partition coefficient (Wildman–Crippen LogP) is 11.6. The van der Waals surface area contributed by atoms with Crippen LogP contribution in [0.5, 0.6) is 0 Å². The number of aliphatic hydroxyl groups excluding tert-OH is 1. The van der Waals surface area contributed by atoms with Gasteiger partial charge >= 0.3 is 27.6 Å². The molecule has 0 saturated carbocycles. The topological polar surface area (TPSA) is 208 Å². The standard InChI is InChI=1S/C48H82O14P2/c1-3-5-7-8-9-10-11-12-13-14-15-16-21-24-27-30-34-38-48(51)61-44(42-60-64(55,56)59-40-43(49)39-58-63(52,53)54)41-57-47(50)37-33-29-26-23-20-18-17-19-22-25-28-32-36-46-45(62-46)35-31-6-4-2/h6,12-13,18-20,22,26,28-29,31-32,43-46,49H,3-5,7-11,14-17,21,23-25,27,30,33-42H2,1-2H3,(H,55,56)(H2,52,53,54)/b13-12-,20-18-,22-19-,29-26-,31-6-,32-28-/t43-,44+,45?,46?/m0/s1. The van der Waals surface area contributed by atoms with Crippen molar-refractivity contribution in [1.29, 1.82) is 0 Å². The molecule has 0 aromatic rings. The summed E-state index contributed by atoms with van der Waals surface area (Å²) in [5.41, 5.74) is 0. The van der Waals surface area contributed by atoms with E-state index in [2.05, 4.69) is 77.6 Å². The maximum absolute atomic E-state index is 12.7. The average Bonchev–Trinajstić information content (AvgIpc) is 4.01. The van der Waals surface area contributed by atoms with Crippen LogP contribution in [-0.4, -0.2) is 82.6 Å². The molecule has 0 amide bonds. The fraction of sp³-hybridized carbons (Fsp3) is 0.708. The summed E-state index contributed by atoms with van der Waals surface area (Å²) in [5.74, 6) is -1.14. The van der Waals surface area contributed by atoms with Gasteiger partial charge in [-0.2, -0.15) is 0 Å². The molecule has 64 heavy (non-hydrogen) atoms. The normalized spacial score (nSPS) is 17.7. The van der Waals surface area contributed by atoms with Gasteiger partial charge in [-0.3, -0.25) is 23.2 Å². The Morgan fingerprint density at radius 1 is 0.547 bits per heavy atom. The molecule has 3 unspecified atom stereocenters. The van der Waals surface area contributed by atoms with Gasteiger partial charge in [-0.1, -0.05) is 151 Å². The van der Waals surface area contributed by atoms with Crippen LogP contribution >= 0.6 is 15.6 Å². The number of epoxide rings is 1. The summed E-state index contributed by atoms with van der Waals surface area (Å²) >= 11 is 0. The molecule has 1 aliphatic rings. The molecule has 4 N–H and O–H groups in total. The minimum absolute atomic E-state index is 0.0631. The molecule has 368 valence electrons. The van der Waals surface area contributed by atoms with Crippen LogP contribution in [0.15, 0.2) is 72.9 Å². The summed E-state index contributed by atoms with van der Waals surface area (Å²) in [6.07, 6.45) is 46.5. The number of phosphoric ester groups is 2. The molecule has 0 aliphatic carbocycles. The molecule has 14 nitrogen and oxygen atoms in total. The van der Waals surface area contributed by atoms with E-state index in [1.807, 2.05) is 18.2 Å². The van der Waals surface area contributed by atoms with Crippen molar-refractivity contribution >= 4 is 27.6 Å². The van der Waals surface area contributed by atoms with Crippen molar-refractivity contribution in [2.24, 2.45) is 0 Å². The van der Waals surface area contributed by atoms with E-state index in [0.29, 0.717) is 31.5 Å². The van der Waals surface area contributed by atoms with Crippen LogP contribution in [0.3, 0.4) is 0 Å². The Morgan fingerprint density at radius 3 is 1.61 bits per heavy atom. The van der Waals surface area contributed by atoms with Crippen molar-refractivity contribution in [2.45, 2.75) is 192 Å². The minimum atomic E-state index is -4.88. The summed E-state index contributed by atoms with van der Waals surface area (Å²) < 4.78 is 53.5. The zero-order valence-corrected chi connectivity index (χ0v) is 40.6. The van der Waals surface area contributed by atoms with E-state index < -0.39 is 66.2 Å². The number of allylic oxidation sites excluding steroid dienone is 10. The van der Waals surface area contributed by atoms with Gasteiger partial charge in [-0.25, -0.2) is 9.13 Å². The number of carbonyl (C=O) groups excluding carboxylic acids is 2. The van der Waals surface area contributed by atoms with Crippen molar-refractivity contribution in [1.82, 2.24) is 0 Å². The molecule has 5 atom stereocenters. The van der Waals surface area contributed by atoms with Crippen LogP contribution in [0.4, 0.5) is 0 Å². The van der Waals surface area contributed by atoms with Crippen LogP contribution in [-0.2, 0) is 46.5 Å². The van der Waals surface area contributed by atoms with Crippen molar-refractivity contribution in [3.05, 3.63) is 72.9 Å². The van der Waals surface area contributed by atoms with E-state index in [0.717, 1.165) is 64.2 Å². The van der Waals surface area contributed by atoms with Gasteiger partial charge < -0.3 is 34.0 Å². The van der Waals surface area contributed by atoms with Gasteiger partial charge in [0, 0.05) is 12.8 Å². The lowest BCUT2D eigenvalue weighted by Crippen LogP contribution is -2.29.